The van der Waals surface area contributed by atoms with Crippen LogP contribution in [0.25, 0.3) is 5.69 Å². The first-order chi connectivity index (χ1) is 10.4. The van der Waals surface area contributed by atoms with Gasteiger partial charge in [-0.05, 0) is 36.3 Å². The second-order valence-electron chi connectivity index (χ2n) is 5.09. The van der Waals surface area contributed by atoms with Crippen molar-refractivity contribution in [3.8, 4) is 5.69 Å². The molecule has 22 heavy (non-hydrogen) atoms. The molecule has 0 atom stereocenters. The van der Waals surface area contributed by atoms with E-state index in [1.54, 1.807) is 30.3 Å². The van der Waals surface area contributed by atoms with Crippen LogP contribution in [0.2, 0.25) is 5.21 Å². The number of thioether (sulfide) groups is 1. The fourth-order valence-corrected chi connectivity index (χ4v) is 2.73. The maximum atomic E-state index is 12.5. The fraction of sp³-hybridized carbons (Fsp3) is 0.357. The molecule has 0 bridgehead atoms. The highest BCUT2D eigenvalue weighted by Gasteiger charge is 2.30. The lowest BCUT2D eigenvalue weighted by Crippen LogP contribution is -2.40. The lowest BCUT2D eigenvalue weighted by Gasteiger charge is -2.29. The van der Waals surface area contributed by atoms with E-state index in [1.165, 1.54) is 16.7 Å². The first kappa shape index (κ1) is 16.7. The quantitative estimate of drug-likeness (QED) is 0.783. The molecule has 0 aliphatic rings. The van der Waals surface area contributed by atoms with Gasteiger partial charge in [0, 0.05) is 13.2 Å². The number of pyridine rings is 1. The van der Waals surface area contributed by atoms with Gasteiger partial charge in [-0.15, -0.1) is 0 Å². The minimum Gasteiger partial charge on any atom is -0.313 e. The Labute approximate surface area is 137 Å². The highest BCUT2D eigenvalue weighted by molar-refractivity contribution is 7.98. The largest absolute Gasteiger partial charge is 0.313 e. The van der Waals surface area contributed by atoms with Crippen molar-refractivity contribution >= 4 is 39.0 Å². The van der Waals surface area contributed by atoms with E-state index in [1.807, 2.05) is 25.3 Å². The van der Waals surface area contributed by atoms with Crippen molar-refractivity contribution in [2.24, 2.45) is 0 Å². The minimum absolute atomic E-state index is 0.339. The van der Waals surface area contributed by atoms with Crippen molar-refractivity contribution in [2.45, 2.75) is 12.1 Å². The topological polar surface area (TPSA) is 51.0 Å². The van der Waals surface area contributed by atoms with E-state index >= 15 is 0 Å². The molecule has 0 aliphatic carbocycles. The zero-order chi connectivity index (χ0) is 16.3. The third-order valence-electron chi connectivity index (χ3n) is 3.23. The summed E-state index contributed by atoms with van der Waals surface area (Å²) in [5, 5.41) is 3.00. The number of hydrogen-bond donors (Lipinski definition) is 0. The number of nitrogens with zero attached hydrogens (tertiary/aromatic N) is 4. The minimum atomic E-state index is -1.41. The van der Waals surface area contributed by atoms with E-state index in [2.05, 4.69) is 10.1 Å². The number of carbonyl (C=O) groups excluding carboxylic acids is 1. The SMILES string of the molecule is [B]C([B])(CSC)C(=O)N(C)c1cn(-c2cccnc2)nc1C. The number of hydrogen-bond acceptors (Lipinski definition) is 4. The molecular formula is C14H16B2N4OS. The zero-order valence-electron chi connectivity index (χ0n) is 12.9. The molecule has 0 saturated carbocycles. The molecule has 0 unspecified atom stereocenters. The number of rotatable bonds is 5. The molecular weight excluding hydrogens is 294 g/mol. The van der Waals surface area contributed by atoms with Gasteiger partial charge in [0.15, 0.2) is 0 Å². The van der Waals surface area contributed by atoms with Crippen LogP contribution in [0.3, 0.4) is 0 Å². The Kier molecular flexibility index (Phi) is 5.01. The van der Waals surface area contributed by atoms with Crippen LogP contribution in [0.4, 0.5) is 5.69 Å². The van der Waals surface area contributed by atoms with Crippen molar-refractivity contribution in [1.29, 1.82) is 0 Å². The van der Waals surface area contributed by atoms with Crippen LogP contribution in [0.5, 0.6) is 0 Å². The molecule has 0 fully saturated rings. The number of aryl methyl sites for hydroxylation is 1. The molecule has 2 aromatic heterocycles. The van der Waals surface area contributed by atoms with Gasteiger partial charge in [0.1, 0.15) is 0 Å². The molecule has 2 heterocycles. The summed E-state index contributed by atoms with van der Waals surface area (Å²) in [5.41, 5.74) is 2.18. The molecule has 0 aromatic carbocycles. The van der Waals surface area contributed by atoms with Gasteiger partial charge < -0.3 is 4.90 Å². The molecule has 110 valence electrons. The third-order valence-corrected chi connectivity index (χ3v) is 4.00. The van der Waals surface area contributed by atoms with Crippen LogP contribution in [-0.2, 0) is 4.79 Å². The summed E-state index contributed by atoms with van der Waals surface area (Å²) in [6.45, 7) is 1.83. The van der Waals surface area contributed by atoms with Crippen LogP contribution in [0.15, 0.2) is 30.7 Å². The Morgan fingerprint density at radius 3 is 2.82 bits per heavy atom. The average Bonchev–Trinajstić information content (AvgIpc) is 2.88. The number of aromatic nitrogens is 3. The van der Waals surface area contributed by atoms with Gasteiger partial charge in [-0.3, -0.25) is 9.78 Å². The molecule has 0 N–H and O–H groups in total. The van der Waals surface area contributed by atoms with Gasteiger partial charge in [-0.2, -0.15) is 16.9 Å². The summed E-state index contributed by atoms with van der Waals surface area (Å²) in [6.07, 6.45) is 7.00. The van der Waals surface area contributed by atoms with Crippen molar-refractivity contribution in [3.63, 3.8) is 0 Å². The van der Waals surface area contributed by atoms with Gasteiger partial charge in [-0.1, -0.05) is 0 Å². The van der Waals surface area contributed by atoms with Gasteiger partial charge >= 0.3 is 0 Å². The molecule has 0 spiro atoms. The summed E-state index contributed by atoms with van der Waals surface area (Å²) < 4.78 is 1.67. The van der Waals surface area contributed by atoms with Crippen molar-refractivity contribution in [2.75, 3.05) is 24.0 Å². The van der Waals surface area contributed by atoms with E-state index in [9.17, 15) is 4.79 Å². The standard InChI is InChI=1S/C14H16B2N4OS/c1-10-12(19(2)13(21)14(15,16)9-22-3)8-20(18-10)11-5-4-6-17-7-11/h4-8H,9H2,1-3H3. The maximum Gasteiger partial charge on any atom is 0.216 e. The van der Waals surface area contributed by atoms with Crippen molar-refractivity contribution in [1.82, 2.24) is 14.8 Å². The average molecular weight is 310 g/mol. The predicted molar refractivity (Wildman–Crippen MR) is 92.1 cm³/mol. The highest BCUT2D eigenvalue weighted by Crippen LogP contribution is 2.28. The predicted octanol–water partition coefficient (Wildman–Crippen LogP) is 1.35. The Morgan fingerprint density at radius 2 is 2.23 bits per heavy atom. The fourth-order valence-electron chi connectivity index (χ4n) is 2.12. The van der Waals surface area contributed by atoms with E-state index in [4.69, 9.17) is 15.7 Å². The summed E-state index contributed by atoms with van der Waals surface area (Å²) in [4.78, 5) is 18.0. The van der Waals surface area contributed by atoms with Gasteiger partial charge in [0.05, 0.1) is 45.2 Å². The van der Waals surface area contributed by atoms with Crippen LogP contribution in [-0.4, -0.2) is 55.4 Å². The van der Waals surface area contributed by atoms with Gasteiger partial charge in [-0.25, -0.2) is 4.68 Å². The highest BCUT2D eigenvalue weighted by atomic mass is 32.2. The molecule has 0 aliphatic heterocycles. The molecule has 2 rings (SSSR count). The van der Waals surface area contributed by atoms with Crippen LogP contribution < -0.4 is 4.90 Å². The molecule has 1 amide bonds. The van der Waals surface area contributed by atoms with Crippen LogP contribution in [0.1, 0.15) is 5.69 Å². The Hall–Kier alpha value is -1.69. The smallest absolute Gasteiger partial charge is 0.216 e. The molecule has 2 aromatic rings. The second-order valence-corrected chi connectivity index (χ2v) is 5.96. The first-order valence-electron chi connectivity index (χ1n) is 6.68. The molecule has 4 radical (unpaired) electrons. The summed E-state index contributed by atoms with van der Waals surface area (Å²) in [7, 11) is 13.5. The molecule has 5 nitrogen and oxygen atoms in total. The van der Waals surface area contributed by atoms with E-state index in [-0.39, 0.29) is 5.91 Å². The monoisotopic (exact) mass is 310 g/mol. The second kappa shape index (κ2) is 6.60. The number of carbonyl (C=O) groups is 1. The lowest BCUT2D eigenvalue weighted by molar-refractivity contribution is -0.118. The third kappa shape index (κ3) is 3.38. The maximum absolute atomic E-state index is 12.5. The molecule has 8 heteroatoms. The van der Waals surface area contributed by atoms with Crippen LogP contribution in [0, 0.1) is 6.92 Å². The normalized spacial score (nSPS) is 11.4. The Balaban J connectivity index is 2.30. The zero-order valence-corrected chi connectivity index (χ0v) is 13.7. The molecule has 0 saturated heterocycles. The summed E-state index contributed by atoms with van der Waals surface area (Å²) >= 11 is 1.43. The van der Waals surface area contributed by atoms with Gasteiger partial charge in [0.2, 0.25) is 5.91 Å². The van der Waals surface area contributed by atoms with E-state index < -0.39 is 5.21 Å². The summed E-state index contributed by atoms with van der Waals surface area (Å²) in [5.74, 6) is -0.0120. The number of amides is 1. The van der Waals surface area contributed by atoms with E-state index in [0.29, 0.717) is 17.1 Å². The van der Waals surface area contributed by atoms with E-state index in [0.717, 1.165) is 5.69 Å². The summed E-state index contributed by atoms with van der Waals surface area (Å²) in [6, 6.07) is 3.71. The Morgan fingerprint density at radius 1 is 1.50 bits per heavy atom. The number of anilines is 1. The van der Waals surface area contributed by atoms with Crippen molar-refractivity contribution < 1.29 is 4.79 Å². The Bertz CT molecular complexity index is 660. The lowest BCUT2D eigenvalue weighted by atomic mass is 9.55. The van der Waals surface area contributed by atoms with Gasteiger partial charge in [0.25, 0.3) is 0 Å². The first-order valence-corrected chi connectivity index (χ1v) is 8.07. The van der Waals surface area contributed by atoms with Crippen LogP contribution >= 0.6 is 11.8 Å². The van der Waals surface area contributed by atoms with Crippen molar-refractivity contribution in [3.05, 3.63) is 36.4 Å².